The van der Waals surface area contributed by atoms with Crippen molar-refractivity contribution in [2.24, 2.45) is 0 Å². The number of nitrogens with zero attached hydrogens (tertiary/aromatic N) is 1. The first-order chi connectivity index (χ1) is 29.9. The molecular weight excluding hydrogens is 746 g/mol. The number of hydrogen-bond acceptors (Lipinski definition) is 1. The van der Waals surface area contributed by atoms with Crippen molar-refractivity contribution in [3.05, 3.63) is 233 Å². The molecule has 0 amide bonds. The molecule has 13 rings (SSSR count). The summed E-state index contributed by atoms with van der Waals surface area (Å²) in [5.41, 5.74) is 19.1. The molecule has 1 atom stereocenters. The molecule has 0 bridgehead atoms. The summed E-state index contributed by atoms with van der Waals surface area (Å²) in [5.74, 6) is -0.270. The Balaban J connectivity index is 1.06. The summed E-state index contributed by atoms with van der Waals surface area (Å²) in [6, 6.07) is 69.6. The lowest BCUT2D eigenvalue weighted by Crippen LogP contribution is -2.28. The highest BCUT2D eigenvalue weighted by atomic mass is 19.1. The minimum absolute atomic E-state index is 0.130. The zero-order chi connectivity index (χ0) is 40.6. The summed E-state index contributed by atoms with van der Waals surface area (Å²) in [7, 11) is 0. The van der Waals surface area contributed by atoms with Gasteiger partial charge in [0.05, 0.1) is 22.1 Å². The van der Waals surface area contributed by atoms with Crippen LogP contribution in [0.5, 0.6) is 0 Å². The molecule has 2 aliphatic carbocycles. The molecule has 2 aromatic heterocycles. The van der Waals surface area contributed by atoms with E-state index in [-0.39, 0.29) is 11.2 Å². The highest BCUT2D eigenvalue weighted by Crippen LogP contribution is 2.59. The van der Waals surface area contributed by atoms with Crippen molar-refractivity contribution in [2.75, 3.05) is 0 Å². The molecule has 2 aliphatic rings. The Morgan fingerprint density at radius 2 is 1.11 bits per heavy atom. The van der Waals surface area contributed by atoms with E-state index in [2.05, 4.69) is 182 Å². The van der Waals surface area contributed by atoms with Gasteiger partial charge in [-0.15, -0.1) is 0 Å². The van der Waals surface area contributed by atoms with Crippen molar-refractivity contribution in [2.45, 2.75) is 24.7 Å². The Hall–Kier alpha value is -7.49. The third-order valence-electron chi connectivity index (χ3n) is 14.0. The number of fused-ring (bicyclic) bond motifs is 12. The van der Waals surface area contributed by atoms with E-state index in [1.54, 1.807) is 12.1 Å². The monoisotopic (exact) mass is 783 g/mol. The third-order valence-corrected chi connectivity index (χ3v) is 14.0. The van der Waals surface area contributed by atoms with Crippen molar-refractivity contribution in [3.8, 4) is 39.1 Å². The van der Waals surface area contributed by atoms with E-state index >= 15 is 0 Å². The summed E-state index contributed by atoms with van der Waals surface area (Å²) in [5, 5.41) is 4.21. The minimum Gasteiger partial charge on any atom is -0.455 e. The molecule has 0 fully saturated rings. The van der Waals surface area contributed by atoms with Gasteiger partial charge in [0.15, 0.2) is 0 Å². The van der Waals surface area contributed by atoms with Crippen LogP contribution in [0.25, 0.3) is 82.8 Å². The van der Waals surface area contributed by atoms with Crippen molar-refractivity contribution < 1.29 is 8.81 Å². The first-order valence-corrected chi connectivity index (χ1v) is 21.1. The molecule has 2 heterocycles. The van der Waals surface area contributed by atoms with Crippen LogP contribution >= 0.6 is 0 Å². The maximum absolute atomic E-state index is 14.4. The topological polar surface area (TPSA) is 18.1 Å². The van der Waals surface area contributed by atoms with Crippen molar-refractivity contribution in [1.82, 2.24) is 4.57 Å². The molecule has 61 heavy (non-hydrogen) atoms. The van der Waals surface area contributed by atoms with Gasteiger partial charge in [0.25, 0.3) is 0 Å². The van der Waals surface area contributed by atoms with Crippen LogP contribution in [0, 0.1) is 5.82 Å². The van der Waals surface area contributed by atoms with Crippen LogP contribution in [0.3, 0.4) is 0 Å². The lowest BCUT2D eigenvalue weighted by molar-refractivity contribution is 0.626. The lowest BCUT2D eigenvalue weighted by atomic mass is 9.67. The molecule has 0 radical (unpaired) electrons. The molecule has 3 heteroatoms. The molecule has 288 valence electrons. The number of furan rings is 1. The fraction of sp³-hybridized carbons (Fsp3) is 0.0690. The molecule has 11 aromatic rings. The molecule has 0 saturated heterocycles. The van der Waals surface area contributed by atoms with E-state index < -0.39 is 5.41 Å². The predicted octanol–water partition coefficient (Wildman–Crippen LogP) is 15.2. The fourth-order valence-corrected chi connectivity index (χ4v) is 11.3. The minimum atomic E-state index is -0.603. The van der Waals surface area contributed by atoms with Gasteiger partial charge in [0, 0.05) is 38.1 Å². The zero-order valence-electron chi connectivity index (χ0n) is 33.7. The predicted molar refractivity (Wildman–Crippen MR) is 248 cm³/mol. The average molecular weight is 784 g/mol. The van der Waals surface area contributed by atoms with Crippen molar-refractivity contribution in [3.63, 3.8) is 0 Å². The fourth-order valence-electron chi connectivity index (χ4n) is 11.3. The standard InChI is InChI=1S/C58H38FNO/c1-57(2)47-21-9-6-16-40(47)44-33-45-41-17-8-11-24-51(41)60(53(45)34-50(44)57)52-25-13-23-49-55(52)43-18-7-10-22-48(43)58(49,36-14-4-3-5-15-36)37-28-26-35(27-29-37)39-19-12-20-42-46-32-38(59)30-31-54(46)61-56(39)42/h3-34H,1-2H3. The maximum atomic E-state index is 14.4. The van der Waals surface area contributed by atoms with Gasteiger partial charge in [-0.1, -0.05) is 166 Å². The summed E-state index contributed by atoms with van der Waals surface area (Å²) >= 11 is 0. The average Bonchev–Trinajstić information content (AvgIpc) is 4.00. The number of hydrogen-bond donors (Lipinski definition) is 0. The van der Waals surface area contributed by atoms with E-state index in [1.165, 1.54) is 89.2 Å². The molecule has 2 nitrogen and oxygen atoms in total. The number of rotatable bonds is 4. The van der Waals surface area contributed by atoms with Gasteiger partial charge in [-0.25, -0.2) is 4.39 Å². The summed E-state index contributed by atoms with van der Waals surface area (Å²) in [4.78, 5) is 0. The lowest BCUT2D eigenvalue weighted by Gasteiger charge is -2.34. The summed E-state index contributed by atoms with van der Waals surface area (Å²) < 4.78 is 23.3. The molecule has 1 unspecified atom stereocenters. The Morgan fingerprint density at radius 1 is 0.443 bits per heavy atom. The molecule has 0 spiro atoms. The van der Waals surface area contributed by atoms with Gasteiger partial charge in [-0.2, -0.15) is 0 Å². The molecule has 0 saturated carbocycles. The Morgan fingerprint density at radius 3 is 1.97 bits per heavy atom. The highest BCUT2D eigenvalue weighted by Gasteiger charge is 2.47. The number of aromatic nitrogens is 1. The molecular formula is C58H38FNO. The van der Waals surface area contributed by atoms with E-state index in [1.807, 2.05) is 12.1 Å². The molecule has 9 aromatic carbocycles. The largest absolute Gasteiger partial charge is 0.455 e. The molecule has 0 N–H and O–H groups in total. The van der Waals surface area contributed by atoms with E-state index in [4.69, 9.17) is 4.42 Å². The van der Waals surface area contributed by atoms with E-state index in [0.29, 0.717) is 5.58 Å². The van der Waals surface area contributed by atoms with Crippen LogP contribution in [0.2, 0.25) is 0 Å². The smallest absolute Gasteiger partial charge is 0.143 e. The number of para-hydroxylation sites is 2. The van der Waals surface area contributed by atoms with Gasteiger partial charge in [-0.05, 0) is 98.1 Å². The second kappa shape index (κ2) is 12.3. The van der Waals surface area contributed by atoms with Gasteiger partial charge < -0.3 is 8.98 Å². The van der Waals surface area contributed by atoms with Crippen LogP contribution in [0.1, 0.15) is 47.2 Å². The zero-order valence-corrected chi connectivity index (χ0v) is 33.7. The number of halogens is 1. The van der Waals surface area contributed by atoms with E-state index in [0.717, 1.165) is 27.5 Å². The second-order valence-corrected chi connectivity index (χ2v) is 17.3. The van der Waals surface area contributed by atoms with Crippen molar-refractivity contribution in [1.29, 1.82) is 0 Å². The normalized spacial score (nSPS) is 16.0. The van der Waals surface area contributed by atoms with E-state index in [9.17, 15) is 4.39 Å². The third kappa shape index (κ3) is 4.50. The first-order valence-electron chi connectivity index (χ1n) is 21.1. The summed E-state index contributed by atoms with van der Waals surface area (Å²) in [6.07, 6.45) is 0. The quantitative estimate of drug-likeness (QED) is 0.174. The maximum Gasteiger partial charge on any atom is 0.143 e. The Kier molecular flexibility index (Phi) is 6.92. The van der Waals surface area contributed by atoms with Crippen LogP contribution in [0.4, 0.5) is 4.39 Å². The molecule has 0 aliphatic heterocycles. The Labute approximate surface area is 352 Å². The van der Waals surface area contributed by atoms with Gasteiger partial charge in [0.2, 0.25) is 0 Å². The van der Waals surface area contributed by atoms with Crippen molar-refractivity contribution >= 4 is 43.7 Å². The van der Waals surface area contributed by atoms with Crippen LogP contribution in [-0.4, -0.2) is 4.57 Å². The second-order valence-electron chi connectivity index (χ2n) is 17.3. The van der Waals surface area contributed by atoms with Crippen LogP contribution in [-0.2, 0) is 10.8 Å². The van der Waals surface area contributed by atoms with Gasteiger partial charge in [0.1, 0.15) is 17.0 Å². The SMILES string of the molecule is CC1(C)c2ccccc2-c2cc3c4ccccc4n(-c4cccc5c4-c4ccccc4C5(c4ccccc4)c4ccc(-c5cccc6c5oc5ccc(F)cc56)cc4)c3cc21. The Bertz CT molecular complexity index is 3630. The van der Waals surface area contributed by atoms with Crippen LogP contribution in [0.15, 0.2) is 199 Å². The number of benzene rings is 9. The highest BCUT2D eigenvalue weighted by molar-refractivity contribution is 6.13. The van der Waals surface area contributed by atoms with Gasteiger partial charge in [-0.3, -0.25) is 0 Å². The summed E-state index contributed by atoms with van der Waals surface area (Å²) in [6.45, 7) is 4.73. The van der Waals surface area contributed by atoms with Crippen LogP contribution < -0.4 is 0 Å². The first kappa shape index (κ1) is 34.4. The van der Waals surface area contributed by atoms with Gasteiger partial charge >= 0.3 is 0 Å².